The van der Waals surface area contributed by atoms with Gasteiger partial charge in [-0.3, -0.25) is 9.67 Å². The summed E-state index contributed by atoms with van der Waals surface area (Å²) < 4.78 is 16.4. The Kier molecular flexibility index (Phi) is 10.0. The van der Waals surface area contributed by atoms with Crippen molar-refractivity contribution < 1.29 is 4.39 Å². The molecule has 0 bridgehead atoms. The topological polar surface area (TPSA) is 54.2 Å². The van der Waals surface area contributed by atoms with Gasteiger partial charge in [0, 0.05) is 30.8 Å². The van der Waals surface area contributed by atoms with Crippen molar-refractivity contribution in [3.8, 4) is 0 Å². The second-order valence-electron chi connectivity index (χ2n) is 5.55. The summed E-state index contributed by atoms with van der Waals surface area (Å²) in [7, 11) is 1.74. The van der Waals surface area contributed by atoms with Crippen LogP contribution in [-0.4, -0.2) is 35.9 Å². The molecule has 5 nitrogen and oxygen atoms in total. The third kappa shape index (κ3) is 7.72. The van der Waals surface area contributed by atoms with Gasteiger partial charge in [0.2, 0.25) is 0 Å². The zero-order chi connectivity index (χ0) is 17.4. The van der Waals surface area contributed by atoms with Crippen LogP contribution in [0.4, 0.5) is 4.39 Å². The van der Waals surface area contributed by atoms with Crippen molar-refractivity contribution in [2.75, 3.05) is 20.1 Å². The fraction of sp³-hybridized carbons (Fsp3) is 0.412. The summed E-state index contributed by atoms with van der Waals surface area (Å²) in [4.78, 5) is 4.18. The molecule has 138 valence electrons. The Morgan fingerprint density at radius 3 is 2.72 bits per heavy atom. The molecule has 1 aromatic carbocycles. The van der Waals surface area contributed by atoms with Crippen LogP contribution < -0.4 is 10.6 Å². The second kappa shape index (κ2) is 11.5. The van der Waals surface area contributed by atoms with E-state index >= 15 is 0 Å². The van der Waals surface area contributed by atoms with Gasteiger partial charge in [-0.25, -0.2) is 4.39 Å². The maximum Gasteiger partial charge on any atom is 0.191 e. The molecule has 1 aromatic heterocycles. The van der Waals surface area contributed by atoms with Crippen molar-refractivity contribution in [3.05, 3.63) is 52.0 Å². The highest BCUT2D eigenvalue weighted by Gasteiger charge is 2.03. The van der Waals surface area contributed by atoms with Crippen LogP contribution in [0.15, 0.2) is 40.1 Å². The summed E-state index contributed by atoms with van der Waals surface area (Å²) in [5, 5.41) is 10.7. The summed E-state index contributed by atoms with van der Waals surface area (Å²) in [5.41, 5.74) is 1.88. The van der Waals surface area contributed by atoms with Gasteiger partial charge in [0.05, 0.1) is 12.7 Å². The van der Waals surface area contributed by atoms with Gasteiger partial charge in [-0.2, -0.15) is 5.10 Å². The van der Waals surface area contributed by atoms with E-state index in [9.17, 15) is 4.39 Å². The maximum atomic E-state index is 13.7. The van der Waals surface area contributed by atoms with Crippen LogP contribution >= 0.6 is 39.9 Å². The quantitative estimate of drug-likeness (QED) is 0.253. The van der Waals surface area contributed by atoms with E-state index in [4.69, 9.17) is 0 Å². The molecular weight excluding hydrogens is 500 g/mol. The summed E-state index contributed by atoms with van der Waals surface area (Å²) in [6.45, 7) is 4.27. The largest absolute Gasteiger partial charge is 0.356 e. The molecule has 0 atom stereocenters. The highest BCUT2D eigenvalue weighted by molar-refractivity contribution is 14.0. The molecule has 2 aromatic rings. The summed E-state index contributed by atoms with van der Waals surface area (Å²) in [6, 6.07) is 5.18. The Morgan fingerprint density at radius 2 is 2.08 bits per heavy atom. The number of hydrogen-bond donors (Lipinski definition) is 2. The van der Waals surface area contributed by atoms with Gasteiger partial charge in [0.25, 0.3) is 0 Å². The molecule has 0 saturated heterocycles. The third-order valence-corrected chi connectivity index (χ3v) is 4.04. The molecule has 0 aliphatic carbocycles. The molecule has 0 fully saturated rings. The maximum absolute atomic E-state index is 13.7. The molecule has 0 unspecified atom stereocenters. The Morgan fingerprint density at radius 1 is 1.32 bits per heavy atom. The lowest BCUT2D eigenvalue weighted by Gasteiger charge is -2.12. The number of guanidine groups is 1. The standard InChI is InChI=1S/C17H23BrFN5.HI/c1-13-11-23-24(12-13)9-8-22-17(20-2)21-7-3-4-14-5-6-15(18)10-16(14)19;/h5-6,10-12H,3-4,7-9H2,1-2H3,(H2,20,21,22);1H. The smallest absolute Gasteiger partial charge is 0.191 e. The van der Waals surface area contributed by atoms with E-state index in [0.29, 0.717) is 6.42 Å². The molecule has 8 heteroatoms. The fourth-order valence-corrected chi connectivity index (χ4v) is 2.64. The molecule has 0 spiro atoms. The van der Waals surface area contributed by atoms with Crippen LogP contribution in [0.5, 0.6) is 0 Å². The van der Waals surface area contributed by atoms with Crippen LogP contribution in [0.25, 0.3) is 0 Å². The van der Waals surface area contributed by atoms with E-state index in [1.807, 2.05) is 36.1 Å². The lowest BCUT2D eigenvalue weighted by Crippen LogP contribution is -2.39. The average molecular weight is 524 g/mol. The van der Waals surface area contributed by atoms with Crippen LogP contribution in [-0.2, 0) is 13.0 Å². The summed E-state index contributed by atoms with van der Waals surface area (Å²) >= 11 is 3.27. The normalized spacial score (nSPS) is 11.1. The molecule has 1 heterocycles. The number of aliphatic imine (C=N–C) groups is 1. The molecular formula is C17H24BrFIN5. The van der Waals surface area contributed by atoms with Gasteiger partial charge in [0.15, 0.2) is 5.96 Å². The van der Waals surface area contributed by atoms with Gasteiger partial charge in [-0.05, 0) is 43.0 Å². The van der Waals surface area contributed by atoms with E-state index in [1.165, 1.54) is 6.07 Å². The van der Waals surface area contributed by atoms with Crippen molar-refractivity contribution in [3.63, 3.8) is 0 Å². The number of nitrogens with zero attached hydrogens (tertiary/aromatic N) is 3. The van der Waals surface area contributed by atoms with Gasteiger partial charge < -0.3 is 10.6 Å². The second-order valence-corrected chi connectivity index (χ2v) is 6.46. The Labute approximate surface area is 173 Å². The number of aryl methyl sites for hydroxylation is 2. The number of rotatable bonds is 7. The molecule has 0 amide bonds. The monoisotopic (exact) mass is 523 g/mol. The molecule has 25 heavy (non-hydrogen) atoms. The predicted octanol–water partition coefficient (Wildman–Crippen LogP) is 3.51. The van der Waals surface area contributed by atoms with Crippen molar-refractivity contribution in [1.29, 1.82) is 0 Å². The minimum Gasteiger partial charge on any atom is -0.356 e. The molecule has 0 saturated carbocycles. The lowest BCUT2D eigenvalue weighted by molar-refractivity contribution is 0.593. The van der Waals surface area contributed by atoms with Gasteiger partial charge >= 0.3 is 0 Å². The number of benzene rings is 1. The number of nitrogens with one attached hydrogen (secondary N) is 2. The van der Waals surface area contributed by atoms with Crippen molar-refractivity contribution >= 4 is 45.9 Å². The van der Waals surface area contributed by atoms with E-state index in [0.717, 1.165) is 47.6 Å². The minimum absolute atomic E-state index is 0. The summed E-state index contributed by atoms with van der Waals surface area (Å²) in [5.74, 6) is 0.580. The van der Waals surface area contributed by atoms with Crippen LogP contribution in [0.3, 0.4) is 0 Å². The zero-order valence-electron chi connectivity index (χ0n) is 14.4. The van der Waals surface area contributed by atoms with Crippen LogP contribution in [0.2, 0.25) is 0 Å². The number of halogens is 3. The van der Waals surface area contributed by atoms with Crippen LogP contribution in [0, 0.1) is 12.7 Å². The molecule has 0 radical (unpaired) electrons. The Balaban J connectivity index is 0.00000312. The fourth-order valence-electron chi connectivity index (χ4n) is 2.31. The van der Waals surface area contributed by atoms with E-state index in [1.54, 1.807) is 7.05 Å². The van der Waals surface area contributed by atoms with E-state index in [-0.39, 0.29) is 29.8 Å². The van der Waals surface area contributed by atoms with Crippen molar-refractivity contribution in [2.24, 2.45) is 4.99 Å². The van der Waals surface area contributed by atoms with Gasteiger partial charge in [0.1, 0.15) is 5.82 Å². The molecule has 2 rings (SSSR count). The van der Waals surface area contributed by atoms with Crippen LogP contribution in [0.1, 0.15) is 17.5 Å². The van der Waals surface area contributed by atoms with Gasteiger partial charge in [-0.1, -0.05) is 22.0 Å². The lowest BCUT2D eigenvalue weighted by atomic mass is 10.1. The molecule has 2 N–H and O–H groups in total. The third-order valence-electron chi connectivity index (χ3n) is 3.55. The first kappa shape index (κ1) is 21.9. The average Bonchev–Trinajstić information content (AvgIpc) is 2.96. The first-order valence-electron chi connectivity index (χ1n) is 7.96. The van der Waals surface area contributed by atoms with Gasteiger partial charge in [-0.15, -0.1) is 24.0 Å². The Hall–Kier alpha value is -1.16. The minimum atomic E-state index is -0.165. The zero-order valence-corrected chi connectivity index (χ0v) is 18.3. The number of hydrogen-bond acceptors (Lipinski definition) is 2. The first-order valence-corrected chi connectivity index (χ1v) is 8.75. The predicted molar refractivity (Wildman–Crippen MR) is 114 cm³/mol. The molecule has 0 aliphatic heterocycles. The van der Waals surface area contributed by atoms with Crippen molar-refractivity contribution in [2.45, 2.75) is 26.3 Å². The van der Waals surface area contributed by atoms with E-state index < -0.39 is 0 Å². The Bertz CT molecular complexity index is 689. The van der Waals surface area contributed by atoms with Crippen molar-refractivity contribution in [1.82, 2.24) is 20.4 Å². The number of aromatic nitrogens is 2. The first-order chi connectivity index (χ1) is 11.6. The molecule has 0 aliphatic rings. The SMILES string of the molecule is CN=C(NCCCc1ccc(Br)cc1F)NCCn1cc(C)cn1.I. The van der Waals surface area contributed by atoms with E-state index in [2.05, 4.69) is 36.7 Å². The summed E-state index contributed by atoms with van der Waals surface area (Å²) in [6.07, 6.45) is 5.37. The highest BCUT2D eigenvalue weighted by Crippen LogP contribution is 2.16. The highest BCUT2D eigenvalue weighted by atomic mass is 127.